The zero-order valence-electron chi connectivity index (χ0n) is 11.3. The van der Waals surface area contributed by atoms with Crippen LogP contribution in [0.1, 0.15) is 40.0 Å². The van der Waals surface area contributed by atoms with Crippen molar-refractivity contribution in [1.82, 2.24) is 5.32 Å². The molecule has 0 fully saturated rings. The summed E-state index contributed by atoms with van der Waals surface area (Å²) in [5, 5.41) is 3.05. The van der Waals surface area contributed by atoms with Gasteiger partial charge in [-0.25, -0.2) is 0 Å². The first-order valence-corrected chi connectivity index (χ1v) is 6.29. The molecule has 0 saturated heterocycles. The molecule has 3 nitrogen and oxygen atoms in total. The van der Waals surface area contributed by atoms with Crippen molar-refractivity contribution in [3.05, 3.63) is 23.8 Å². The van der Waals surface area contributed by atoms with Crippen molar-refractivity contribution in [3.63, 3.8) is 0 Å². The molecule has 0 saturated carbocycles. The molecule has 0 aliphatic heterocycles. The third kappa shape index (κ3) is 4.63. The van der Waals surface area contributed by atoms with E-state index in [0.29, 0.717) is 12.5 Å². The van der Waals surface area contributed by atoms with Crippen molar-refractivity contribution in [2.75, 3.05) is 13.1 Å². The predicted molar refractivity (Wildman–Crippen MR) is 75.0 cm³/mol. The van der Waals surface area contributed by atoms with Crippen LogP contribution in [0.3, 0.4) is 0 Å². The second kappa shape index (κ2) is 5.89. The summed E-state index contributed by atoms with van der Waals surface area (Å²) < 4.78 is 0. The Kier molecular flexibility index (Phi) is 4.79. The molecule has 0 radical (unpaired) electrons. The number of nitrogens with two attached hydrogens (primary N) is 1. The van der Waals surface area contributed by atoms with E-state index >= 15 is 0 Å². The van der Waals surface area contributed by atoms with Gasteiger partial charge in [0.2, 0.25) is 0 Å². The van der Waals surface area contributed by atoms with Gasteiger partial charge in [-0.3, -0.25) is 4.99 Å². The van der Waals surface area contributed by atoms with Gasteiger partial charge < -0.3 is 11.1 Å². The molecule has 0 aromatic carbocycles. The standard InChI is InChI=1S/C14H25N3/c1-11(2)9-16-13(15)17-10-14(3,4)12-7-5-6-8-12/h7H,1,5-6,8-10H2,2-4H3,(H3,15,16,17). The number of nitrogens with one attached hydrogen (secondary N) is 1. The van der Waals surface area contributed by atoms with Crippen LogP contribution in [0.25, 0.3) is 0 Å². The van der Waals surface area contributed by atoms with Crippen LogP contribution in [0.15, 0.2) is 28.8 Å². The lowest BCUT2D eigenvalue weighted by Crippen LogP contribution is -2.34. The Morgan fingerprint density at radius 3 is 2.82 bits per heavy atom. The van der Waals surface area contributed by atoms with Crippen LogP contribution >= 0.6 is 0 Å². The fourth-order valence-electron chi connectivity index (χ4n) is 1.97. The highest BCUT2D eigenvalue weighted by Gasteiger charge is 2.24. The molecule has 17 heavy (non-hydrogen) atoms. The molecular weight excluding hydrogens is 210 g/mol. The summed E-state index contributed by atoms with van der Waals surface area (Å²) in [6.45, 7) is 11.7. The lowest BCUT2D eigenvalue weighted by Gasteiger charge is -2.24. The van der Waals surface area contributed by atoms with E-state index < -0.39 is 0 Å². The summed E-state index contributed by atoms with van der Waals surface area (Å²) in [4.78, 5) is 4.41. The van der Waals surface area contributed by atoms with Crippen LogP contribution in [-0.2, 0) is 0 Å². The van der Waals surface area contributed by atoms with Gasteiger partial charge in [0.05, 0.1) is 6.54 Å². The molecule has 3 heteroatoms. The molecule has 0 spiro atoms. The quantitative estimate of drug-likeness (QED) is 0.437. The number of rotatable bonds is 5. The summed E-state index contributed by atoms with van der Waals surface area (Å²) in [6.07, 6.45) is 6.06. The molecule has 0 unspecified atom stereocenters. The van der Waals surface area contributed by atoms with E-state index in [9.17, 15) is 0 Å². The maximum atomic E-state index is 5.81. The van der Waals surface area contributed by atoms with Crippen molar-refractivity contribution in [2.45, 2.75) is 40.0 Å². The van der Waals surface area contributed by atoms with Crippen LogP contribution in [0.5, 0.6) is 0 Å². The van der Waals surface area contributed by atoms with Gasteiger partial charge in [0.15, 0.2) is 5.96 Å². The highest BCUT2D eigenvalue weighted by Crippen LogP contribution is 2.34. The van der Waals surface area contributed by atoms with Crippen LogP contribution in [0.2, 0.25) is 0 Å². The van der Waals surface area contributed by atoms with Crippen molar-refractivity contribution < 1.29 is 0 Å². The maximum absolute atomic E-state index is 5.81. The Balaban J connectivity index is 2.47. The molecule has 3 N–H and O–H groups in total. The Morgan fingerprint density at radius 1 is 1.59 bits per heavy atom. The topological polar surface area (TPSA) is 50.4 Å². The smallest absolute Gasteiger partial charge is 0.188 e. The third-order valence-electron chi connectivity index (χ3n) is 3.13. The fraction of sp³-hybridized carbons (Fsp3) is 0.643. The average Bonchev–Trinajstić information content (AvgIpc) is 2.77. The van der Waals surface area contributed by atoms with Gasteiger partial charge in [-0.1, -0.05) is 37.6 Å². The molecule has 1 aliphatic rings. The number of aliphatic imine (C=N–C) groups is 1. The highest BCUT2D eigenvalue weighted by molar-refractivity contribution is 5.78. The van der Waals surface area contributed by atoms with E-state index in [1.165, 1.54) is 24.8 Å². The molecule has 1 rings (SSSR count). The third-order valence-corrected chi connectivity index (χ3v) is 3.13. The largest absolute Gasteiger partial charge is 0.370 e. The van der Waals surface area contributed by atoms with E-state index in [-0.39, 0.29) is 5.41 Å². The number of guanidine groups is 1. The summed E-state index contributed by atoms with van der Waals surface area (Å²) in [7, 11) is 0. The van der Waals surface area contributed by atoms with Crippen molar-refractivity contribution >= 4 is 5.96 Å². The monoisotopic (exact) mass is 235 g/mol. The van der Waals surface area contributed by atoms with Gasteiger partial charge in [-0.2, -0.15) is 0 Å². The SMILES string of the molecule is C=C(C)CNC(N)=NCC(C)(C)C1=CCCC1. The number of allylic oxidation sites excluding steroid dienone is 1. The minimum atomic E-state index is 0.131. The molecule has 96 valence electrons. The predicted octanol–water partition coefficient (Wildman–Crippen LogP) is 2.60. The van der Waals surface area contributed by atoms with Gasteiger partial charge >= 0.3 is 0 Å². The lowest BCUT2D eigenvalue weighted by molar-refractivity contribution is 0.449. The van der Waals surface area contributed by atoms with Crippen molar-refractivity contribution in [1.29, 1.82) is 0 Å². The van der Waals surface area contributed by atoms with Crippen molar-refractivity contribution in [2.24, 2.45) is 16.1 Å². The van der Waals surface area contributed by atoms with Gasteiger partial charge in [0, 0.05) is 12.0 Å². The van der Waals surface area contributed by atoms with E-state index in [1.807, 2.05) is 6.92 Å². The zero-order valence-corrected chi connectivity index (χ0v) is 11.3. The van der Waals surface area contributed by atoms with E-state index in [1.54, 1.807) is 0 Å². The Labute approximate surface area is 105 Å². The first-order valence-electron chi connectivity index (χ1n) is 6.29. The minimum absolute atomic E-state index is 0.131. The highest BCUT2D eigenvalue weighted by atomic mass is 15.1. The van der Waals surface area contributed by atoms with Crippen LogP contribution < -0.4 is 11.1 Å². The molecule has 0 aromatic heterocycles. The number of hydrogen-bond acceptors (Lipinski definition) is 1. The second-order valence-corrected chi connectivity index (χ2v) is 5.52. The van der Waals surface area contributed by atoms with E-state index in [0.717, 1.165) is 12.1 Å². The Morgan fingerprint density at radius 2 is 2.29 bits per heavy atom. The molecule has 1 aliphatic carbocycles. The summed E-state index contributed by atoms with van der Waals surface area (Å²) in [5.41, 5.74) is 8.52. The number of nitrogens with zero attached hydrogens (tertiary/aromatic N) is 1. The normalized spacial score (nSPS) is 16.9. The van der Waals surface area contributed by atoms with Crippen LogP contribution in [0.4, 0.5) is 0 Å². The fourth-order valence-corrected chi connectivity index (χ4v) is 1.97. The molecule has 0 atom stereocenters. The van der Waals surface area contributed by atoms with Gasteiger partial charge in [0.25, 0.3) is 0 Å². The number of hydrogen-bond donors (Lipinski definition) is 2. The van der Waals surface area contributed by atoms with Gasteiger partial charge in [-0.05, 0) is 26.2 Å². The molecule has 0 bridgehead atoms. The van der Waals surface area contributed by atoms with Gasteiger partial charge in [0.1, 0.15) is 0 Å². The first kappa shape index (κ1) is 13.8. The summed E-state index contributed by atoms with van der Waals surface area (Å²) >= 11 is 0. The minimum Gasteiger partial charge on any atom is -0.370 e. The van der Waals surface area contributed by atoms with Crippen LogP contribution in [-0.4, -0.2) is 19.0 Å². The summed E-state index contributed by atoms with van der Waals surface area (Å²) in [6, 6.07) is 0. The molecule has 0 heterocycles. The lowest BCUT2D eigenvalue weighted by atomic mass is 9.84. The molecular formula is C14H25N3. The van der Waals surface area contributed by atoms with Crippen LogP contribution in [0, 0.1) is 5.41 Å². The Hall–Kier alpha value is -1.25. The summed E-state index contributed by atoms with van der Waals surface area (Å²) in [5.74, 6) is 0.514. The van der Waals surface area contributed by atoms with Gasteiger partial charge in [-0.15, -0.1) is 0 Å². The van der Waals surface area contributed by atoms with E-state index in [4.69, 9.17) is 5.73 Å². The average molecular weight is 235 g/mol. The maximum Gasteiger partial charge on any atom is 0.188 e. The zero-order chi connectivity index (χ0) is 12.9. The molecule has 0 amide bonds. The Bertz CT molecular complexity index is 337. The van der Waals surface area contributed by atoms with Crippen molar-refractivity contribution in [3.8, 4) is 0 Å². The molecule has 0 aromatic rings. The second-order valence-electron chi connectivity index (χ2n) is 5.52. The first-order chi connectivity index (χ1) is 7.92. The van der Waals surface area contributed by atoms with E-state index in [2.05, 4.69) is 36.8 Å².